The molecule has 0 spiro atoms. The number of amides is 1. The molecule has 27 heavy (non-hydrogen) atoms. The lowest BCUT2D eigenvalue weighted by atomic mass is 10.2. The normalized spacial score (nSPS) is 11.8. The minimum atomic E-state index is -1.11. The van der Waals surface area contributed by atoms with Crippen LogP contribution in [0.3, 0.4) is 0 Å². The molecule has 0 unspecified atom stereocenters. The lowest BCUT2D eigenvalue weighted by Gasteiger charge is -2.14. The quantitative estimate of drug-likeness (QED) is 0.642. The topological polar surface area (TPSA) is 88.3 Å². The number of para-hydroxylation sites is 1. The van der Waals surface area contributed by atoms with Crippen molar-refractivity contribution in [3.05, 3.63) is 74.5 Å². The monoisotopic (exact) mass is 404 g/mol. The number of ether oxygens (including phenoxy) is 1. The van der Waals surface area contributed by atoms with E-state index in [1.807, 2.05) is 0 Å². The first-order valence-corrected chi connectivity index (χ1v) is 8.69. The molecule has 138 valence electrons. The highest BCUT2D eigenvalue weighted by molar-refractivity contribution is 6.35. The van der Waals surface area contributed by atoms with Crippen molar-refractivity contribution in [3.63, 3.8) is 0 Å². The van der Waals surface area contributed by atoms with Gasteiger partial charge in [0.05, 0.1) is 0 Å². The summed E-state index contributed by atoms with van der Waals surface area (Å²) in [5.41, 5.74) is 0.522. The zero-order valence-electron chi connectivity index (χ0n) is 14.1. The van der Waals surface area contributed by atoms with Gasteiger partial charge in [0.1, 0.15) is 5.69 Å². The number of benzene rings is 2. The number of halogens is 2. The van der Waals surface area contributed by atoms with Crippen LogP contribution in [0.25, 0.3) is 10.9 Å². The molecular formula is C19H14Cl2N2O4. The molecule has 0 fully saturated rings. The van der Waals surface area contributed by atoms with Crippen LogP contribution in [0.5, 0.6) is 0 Å². The lowest BCUT2D eigenvalue weighted by Crippen LogP contribution is -2.30. The number of esters is 1. The molecule has 0 aliphatic rings. The van der Waals surface area contributed by atoms with Crippen LogP contribution in [0.4, 0.5) is 5.69 Å². The zero-order chi connectivity index (χ0) is 19.6. The number of carbonyl (C=O) groups excluding carboxylic acids is 2. The molecule has 2 N–H and O–H groups in total. The smallest absolute Gasteiger partial charge is 0.355 e. The molecular weight excluding hydrogens is 391 g/mol. The van der Waals surface area contributed by atoms with Crippen LogP contribution in [0, 0.1) is 0 Å². The maximum atomic E-state index is 12.3. The van der Waals surface area contributed by atoms with Crippen LogP contribution in [-0.4, -0.2) is 23.0 Å². The number of nitrogens with one attached hydrogen (secondary N) is 2. The fraction of sp³-hybridized carbons (Fsp3) is 0.105. The Bertz CT molecular complexity index is 1070. The number of rotatable bonds is 4. The number of H-pyrrole nitrogens is 1. The van der Waals surface area contributed by atoms with Gasteiger partial charge in [0.25, 0.3) is 5.91 Å². The van der Waals surface area contributed by atoms with Crippen molar-refractivity contribution in [2.75, 3.05) is 5.32 Å². The van der Waals surface area contributed by atoms with Gasteiger partial charge in [0.15, 0.2) is 11.5 Å². The molecule has 0 aliphatic heterocycles. The minimum absolute atomic E-state index is 0.0378. The van der Waals surface area contributed by atoms with E-state index in [2.05, 4.69) is 10.3 Å². The van der Waals surface area contributed by atoms with E-state index in [0.29, 0.717) is 26.6 Å². The van der Waals surface area contributed by atoms with E-state index in [1.54, 1.807) is 24.3 Å². The van der Waals surface area contributed by atoms with Crippen LogP contribution < -0.4 is 10.7 Å². The first-order valence-electron chi connectivity index (χ1n) is 7.93. The van der Waals surface area contributed by atoms with E-state index in [0.717, 1.165) is 6.07 Å². The van der Waals surface area contributed by atoms with Crippen molar-refractivity contribution >= 4 is 51.7 Å². The molecule has 0 aliphatic carbocycles. The highest BCUT2D eigenvalue weighted by Gasteiger charge is 2.20. The summed E-state index contributed by atoms with van der Waals surface area (Å²) in [6, 6.07) is 12.5. The molecule has 0 saturated carbocycles. The highest BCUT2D eigenvalue weighted by atomic mass is 35.5. The van der Waals surface area contributed by atoms with E-state index in [1.165, 1.54) is 25.1 Å². The Balaban J connectivity index is 1.73. The Labute approximate surface area is 164 Å². The van der Waals surface area contributed by atoms with Gasteiger partial charge in [-0.15, -0.1) is 0 Å². The third-order valence-electron chi connectivity index (χ3n) is 3.74. The molecule has 2 aromatic carbocycles. The maximum Gasteiger partial charge on any atom is 0.355 e. The summed E-state index contributed by atoms with van der Waals surface area (Å²) >= 11 is 11.8. The van der Waals surface area contributed by atoms with Crippen LogP contribution in [0.2, 0.25) is 10.0 Å². The third kappa shape index (κ3) is 4.48. The summed E-state index contributed by atoms with van der Waals surface area (Å²) < 4.78 is 5.15. The Morgan fingerprint density at radius 1 is 1.07 bits per heavy atom. The number of hydrogen-bond donors (Lipinski definition) is 2. The van der Waals surface area contributed by atoms with Crippen molar-refractivity contribution in [3.8, 4) is 0 Å². The average Bonchev–Trinajstić information content (AvgIpc) is 2.60. The summed E-state index contributed by atoms with van der Waals surface area (Å²) in [4.78, 5) is 39.5. The van der Waals surface area contributed by atoms with Gasteiger partial charge >= 0.3 is 5.97 Å². The van der Waals surface area contributed by atoms with Gasteiger partial charge in [-0.25, -0.2) is 4.79 Å². The SMILES string of the molecule is C[C@H](OC(=O)c1cc(=O)c2ccccc2[nH]1)C(=O)Nc1cc(Cl)cc(Cl)c1. The Hall–Kier alpha value is -2.83. The summed E-state index contributed by atoms with van der Waals surface area (Å²) in [6.07, 6.45) is -1.11. The minimum Gasteiger partial charge on any atom is -0.448 e. The molecule has 0 saturated heterocycles. The zero-order valence-corrected chi connectivity index (χ0v) is 15.6. The molecule has 1 amide bonds. The predicted molar refractivity (Wildman–Crippen MR) is 105 cm³/mol. The summed E-state index contributed by atoms with van der Waals surface area (Å²) in [5, 5.41) is 3.74. The van der Waals surface area contributed by atoms with Gasteiger partial charge in [-0.1, -0.05) is 35.3 Å². The second-order valence-electron chi connectivity index (χ2n) is 5.79. The molecule has 0 bridgehead atoms. The number of anilines is 1. The Kier molecular flexibility index (Phi) is 5.48. The fourth-order valence-corrected chi connectivity index (χ4v) is 2.98. The highest BCUT2D eigenvalue weighted by Crippen LogP contribution is 2.22. The Morgan fingerprint density at radius 2 is 1.74 bits per heavy atom. The molecule has 6 nitrogen and oxygen atoms in total. The Morgan fingerprint density at radius 3 is 2.44 bits per heavy atom. The van der Waals surface area contributed by atoms with Crippen LogP contribution in [-0.2, 0) is 9.53 Å². The standard InChI is InChI=1S/C19H14Cl2N2O4/c1-10(18(25)22-13-7-11(20)6-12(21)8-13)27-19(26)16-9-17(24)14-4-2-3-5-15(14)23-16/h2-10H,1H3,(H,22,25)(H,23,24)/t10-/m0/s1. The van der Waals surface area contributed by atoms with E-state index in [-0.39, 0.29) is 11.1 Å². The van der Waals surface area contributed by atoms with Crippen molar-refractivity contribution in [1.29, 1.82) is 0 Å². The van der Waals surface area contributed by atoms with Gasteiger partial charge in [-0.05, 0) is 37.3 Å². The number of hydrogen-bond acceptors (Lipinski definition) is 4. The largest absolute Gasteiger partial charge is 0.448 e. The fourth-order valence-electron chi connectivity index (χ4n) is 2.45. The van der Waals surface area contributed by atoms with Crippen molar-refractivity contribution < 1.29 is 14.3 Å². The van der Waals surface area contributed by atoms with E-state index in [4.69, 9.17) is 27.9 Å². The third-order valence-corrected chi connectivity index (χ3v) is 4.18. The number of carbonyl (C=O) groups is 2. The van der Waals surface area contributed by atoms with Crippen LogP contribution >= 0.6 is 23.2 Å². The van der Waals surface area contributed by atoms with Crippen molar-refractivity contribution in [2.24, 2.45) is 0 Å². The summed E-state index contributed by atoms with van der Waals surface area (Å²) in [5.74, 6) is -1.38. The first-order chi connectivity index (χ1) is 12.8. The summed E-state index contributed by atoms with van der Waals surface area (Å²) in [7, 11) is 0. The maximum absolute atomic E-state index is 12.3. The van der Waals surface area contributed by atoms with Gasteiger partial charge in [0, 0.05) is 32.7 Å². The molecule has 1 heterocycles. The number of fused-ring (bicyclic) bond motifs is 1. The van der Waals surface area contributed by atoms with E-state index >= 15 is 0 Å². The first kappa shape index (κ1) is 18.9. The number of pyridine rings is 1. The predicted octanol–water partition coefficient (Wildman–Crippen LogP) is 4.02. The number of aromatic amines is 1. The average molecular weight is 405 g/mol. The van der Waals surface area contributed by atoms with Gasteiger partial charge in [-0.3, -0.25) is 9.59 Å². The van der Waals surface area contributed by atoms with Gasteiger partial charge in [-0.2, -0.15) is 0 Å². The lowest BCUT2D eigenvalue weighted by molar-refractivity contribution is -0.123. The second kappa shape index (κ2) is 7.82. The van der Waals surface area contributed by atoms with Gasteiger partial charge < -0.3 is 15.0 Å². The molecule has 1 atom stereocenters. The molecule has 3 rings (SSSR count). The van der Waals surface area contributed by atoms with Gasteiger partial charge in [0.2, 0.25) is 0 Å². The molecule has 3 aromatic rings. The second-order valence-corrected chi connectivity index (χ2v) is 6.66. The van der Waals surface area contributed by atoms with E-state index in [9.17, 15) is 14.4 Å². The molecule has 8 heteroatoms. The van der Waals surface area contributed by atoms with Crippen molar-refractivity contribution in [2.45, 2.75) is 13.0 Å². The van der Waals surface area contributed by atoms with Crippen molar-refractivity contribution in [1.82, 2.24) is 4.98 Å². The molecule has 0 radical (unpaired) electrons. The van der Waals surface area contributed by atoms with E-state index < -0.39 is 18.0 Å². The molecule has 1 aromatic heterocycles. The van der Waals surface area contributed by atoms with Crippen LogP contribution in [0.1, 0.15) is 17.4 Å². The van der Waals surface area contributed by atoms with Crippen LogP contribution in [0.15, 0.2) is 53.3 Å². The number of aromatic nitrogens is 1. The summed E-state index contributed by atoms with van der Waals surface area (Å²) in [6.45, 7) is 1.42.